The first-order chi connectivity index (χ1) is 8.58. The molecule has 1 saturated carbocycles. The molecule has 1 fully saturated rings. The highest BCUT2D eigenvalue weighted by molar-refractivity contribution is 9.10. The summed E-state index contributed by atoms with van der Waals surface area (Å²) < 4.78 is 3.27. The summed E-state index contributed by atoms with van der Waals surface area (Å²) in [7, 11) is 0. The van der Waals surface area contributed by atoms with E-state index in [1.54, 1.807) is 0 Å². The standard InChI is InChI=1S/C14H16BrN3/c1-8-3-4-10(7-12(8)15)13-14(16)18(9(2)17-13)11-5-6-11/h3-4,7,11H,5-6,16H2,1-2H3. The summed E-state index contributed by atoms with van der Waals surface area (Å²) >= 11 is 3.56. The van der Waals surface area contributed by atoms with Crippen molar-refractivity contribution in [2.24, 2.45) is 0 Å². The summed E-state index contributed by atoms with van der Waals surface area (Å²) in [5.41, 5.74) is 9.45. The zero-order valence-corrected chi connectivity index (χ0v) is 12.2. The Kier molecular flexibility index (Phi) is 2.70. The van der Waals surface area contributed by atoms with Gasteiger partial charge in [0.05, 0.1) is 0 Å². The molecule has 1 aromatic carbocycles. The van der Waals surface area contributed by atoms with Crippen LogP contribution in [0.5, 0.6) is 0 Å². The molecule has 1 heterocycles. The van der Waals surface area contributed by atoms with E-state index in [0.717, 1.165) is 27.4 Å². The zero-order chi connectivity index (χ0) is 12.9. The number of halogens is 1. The molecule has 0 spiro atoms. The Labute approximate surface area is 115 Å². The van der Waals surface area contributed by atoms with Crippen LogP contribution in [0.3, 0.4) is 0 Å². The number of hydrogen-bond acceptors (Lipinski definition) is 2. The lowest BCUT2D eigenvalue weighted by Gasteiger charge is -2.06. The topological polar surface area (TPSA) is 43.8 Å². The maximum Gasteiger partial charge on any atom is 0.131 e. The molecule has 1 aliphatic carbocycles. The van der Waals surface area contributed by atoms with Gasteiger partial charge in [0.1, 0.15) is 17.3 Å². The summed E-state index contributed by atoms with van der Waals surface area (Å²) in [5.74, 6) is 1.81. The Bertz CT molecular complexity index is 612. The molecule has 0 radical (unpaired) electrons. The van der Waals surface area contributed by atoms with E-state index in [4.69, 9.17) is 5.73 Å². The minimum atomic E-state index is 0.570. The smallest absolute Gasteiger partial charge is 0.131 e. The number of benzene rings is 1. The van der Waals surface area contributed by atoms with Crippen LogP contribution >= 0.6 is 15.9 Å². The fraction of sp³-hybridized carbons (Fsp3) is 0.357. The van der Waals surface area contributed by atoms with E-state index in [1.807, 2.05) is 6.92 Å². The zero-order valence-electron chi connectivity index (χ0n) is 10.6. The fourth-order valence-electron chi connectivity index (χ4n) is 2.31. The SMILES string of the molecule is Cc1ccc(-c2nc(C)n(C3CC3)c2N)cc1Br. The number of nitrogen functional groups attached to an aromatic ring is 1. The molecule has 94 valence electrons. The molecular formula is C14H16BrN3. The number of rotatable bonds is 2. The lowest BCUT2D eigenvalue weighted by molar-refractivity contribution is 0.720. The lowest BCUT2D eigenvalue weighted by Crippen LogP contribution is -2.02. The second-order valence-corrected chi connectivity index (χ2v) is 5.81. The number of aromatic nitrogens is 2. The largest absolute Gasteiger partial charge is 0.383 e. The van der Waals surface area contributed by atoms with Crippen molar-refractivity contribution in [1.82, 2.24) is 9.55 Å². The van der Waals surface area contributed by atoms with Gasteiger partial charge in [-0.1, -0.05) is 28.1 Å². The first kappa shape index (κ1) is 11.8. The van der Waals surface area contributed by atoms with Crippen LogP contribution in [0.2, 0.25) is 0 Å². The van der Waals surface area contributed by atoms with E-state index >= 15 is 0 Å². The van der Waals surface area contributed by atoms with Gasteiger partial charge in [0.25, 0.3) is 0 Å². The maximum absolute atomic E-state index is 6.25. The Hall–Kier alpha value is -1.29. The molecule has 18 heavy (non-hydrogen) atoms. The van der Waals surface area contributed by atoms with Crippen molar-refractivity contribution < 1.29 is 0 Å². The minimum Gasteiger partial charge on any atom is -0.383 e. The Morgan fingerprint density at radius 3 is 2.67 bits per heavy atom. The molecule has 3 nitrogen and oxygen atoms in total. The van der Waals surface area contributed by atoms with Crippen LogP contribution in [0.1, 0.15) is 30.3 Å². The van der Waals surface area contributed by atoms with Gasteiger partial charge in [0.2, 0.25) is 0 Å². The van der Waals surface area contributed by atoms with E-state index in [1.165, 1.54) is 18.4 Å². The van der Waals surface area contributed by atoms with E-state index in [2.05, 4.69) is 50.6 Å². The molecule has 3 rings (SSSR count). The van der Waals surface area contributed by atoms with Gasteiger partial charge < -0.3 is 10.3 Å². The molecule has 1 aromatic heterocycles. The number of nitrogens with zero attached hydrogens (tertiary/aromatic N) is 2. The summed E-state index contributed by atoms with van der Waals surface area (Å²) in [6, 6.07) is 6.82. The number of nitrogens with two attached hydrogens (primary N) is 1. The van der Waals surface area contributed by atoms with Crippen LogP contribution in [0, 0.1) is 13.8 Å². The highest BCUT2D eigenvalue weighted by atomic mass is 79.9. The molecule has 0 atom stereocenters. The molecule has 4 heteroatoms. The monoisotopic (exact) mass is 305 g/mol. The van der Waals surface area contributed by atoms with Crippen molar-refractivity contribution in [1.29, 1.82) is 0 Å². The third kappa shape index (κ3) is 1.85. The van der Waals surface area contributed by atoms with Crippen LogP contribution in [0.4, 0.5) is 5.82 Å². The lowest BCUT2D eigenvalue weighted by atomic mass is 10.1. The van der Waals surface area contributed by atoms with Crippen LogP contribution in [0.25, 0.3) is 11.3 Å². The van der Waals surface area contributed by atoms with Crippen molar-refractivity contribution >= 4 is 21.7 Å². The van der Waals surface area contributed by atoms with E-state index in [-0.39, 0.29) is 0 Å². The van der Waals surface area contributed by atoms with Crippen molar-refractivity contribution in [2.45, 2.75) is 32.7 Å². The number of anilines is 1. The first-order valence-corrected chi connectivity index (χ1v) is 6.98. The average Bonchev–Trinajstić information content (AvgIpc) is 3.10. The van der Waals surface area contributed by atoms with E-state index in [0.29, 0.717) is 6.04 Å². The molecule has 2 N–H and O–H groups in total. The van der Waals surface area contributed by atoms with Crippen molar-refractivity contribution in [3.05, 3.63) is 34.1 Å². The summed E-state index contributed by atoms with van der Waals surface area (Å²) in [6.07, 6.45) is 2.44. The summed E-state index contributed by atoms with van der Waals surface area (Å²) in [4.78, 5) is 4.63. The predicted octanol–water partition coefficient (Wildman–Crippen LogP) is 3.85. The highest BCUT2D eigenvalue weighted by Crippen LogP contribution is 2.41. The number of aryl methyl sites for hydroxylation is 2. The molecule has 0 bridgehead atoms. The summed E-state index contributed by atoms with van der Waals surface area (Å²) in [6.45, 7) is 4.10. The van der Waals surface area contributed by atoms with Crippen molar-refractivity contribution in [3.63, 3.8) is 0 Å². The Balaban J connectivity index is 2.11. The van der Waals surface area contributed by atoms with Crippen LogP contribution in [-0.4, -0.2) is 9.55 Å². The molecule has 0 saturated heterocycles. The van der Waals surface area contributed by atoms with E-state index in [9.17, 15) is 0 Å². The van der Waals surface area contributed by atoms with Gasteiger partial charge in [-0.3, -0.25) is 0 Å². The molecule has 0 aliphatic heterocycles. The van der Waals surface area contributed by atoms with Gasteiger partial charge >= 0.3 is 0 Å². The molecular weight excluding hydrogens is 290 g/mol. The maximum atomic E-state index is 6.25. The third-order valence-corrected chi connectivity index (χ3v) is 4.34. The van der Waals surface area contributed by atoms with Crippen LogP contribution in [-0.2, 0) is 0 Å². The van der Waals surface area contributed by atoms with Crippen molar-refractivity contribution in [2.75, 3.05) is 5.73 Å². The quantitative estimate of drug-likeness (QED) is 0.916. The van der Waals surface area contributed by atoms with Gasteiger partial charge in [-0.25, -0.2) is 4.98 Å². The van der Waals surface area contributed by atoms with Gasteiger partial charge in [0.15, 0.2) is 0 Å². The van der Waals surface area contributed by atoms with Gasteiger partial charge in [-0.15, -0.1) is 0 Å². The second kappa shape index (κ2) is 4.12. The first-order valence-electron chi connectivity index (χ1n) is 6.18. The van der Waals surface area contributed by atoms with Gasteiger partial charge in [-0.05, 0) is 38.3 Å². The average molecular weight is 306 g/mol. The molecule has 0 unspecified atom stereocenters. The van der Waals surface area contributed by atoms with Crippen LogP contribution < -0.4 is 5.73 Å². The Morgan fingerprint density at radius 2 is 2.06 bits per heavy atom. The van der Waals surface area contributed by atoms with Gasteiger partial charge in [0, 0.05) is 16.1 Å². The fourth-order valence-corrected chi connectivity index (χ4v) is 2.69. The predicted molar refractivity (Wildman–Crippen MR) is 77.5 cm³/mol. The molecule has 0 amide bonds. The number of imidazole rings is 1. The van der Waals surface area contributed by atoms with Crippen LogP contribution in [0.15, 0.2) is 22.7 Å². The Morgan fingerprint density at radius 1 is 1.33 bits per heavy atom. The number of hydrogen-bond donors (Lipinski definition) is 1. The second-order valence-electron chi connectivity index (χ2n) is 4.96. The highest BCUT2D eigenvalue weighted by Gasteiger charge is 2.28. The minimum absolute atomic E-state index is 0.570. The molecule has 2 aromatic rings. The van der Waals surface area contributed by atoms with Crippen molar-refractivity contribution in [3.8, 4) is 11.3 Å². The summed E-state index contributed by atoms with van der Waals surface area (Å²) in [5, 5.41) is 0. The van der Waals surface area contributed by atoms with E-state index < -0.39 is 0 Å². The molecule has 1 aliphatic rings. The third-order valence-electron chi connectivity index (χ3n) is 3.48. The van der Waals surface area contributed by atoms with Gasteiger partial charge in [-0.2, -0.15) is 0 Å². The normalized spacial score (nSPS) is 15.1.